The Bertz CT molecular complexity index is 695. The van der Waals surface area contributed by atoms with E-state index in [2.05, 4.69) is 10.2 Å². The van der Waals surface area contributed by atoms with E-state index in [1.54, 1.807) is 18.2 Å². The maximum absolute atomic E-state index is 10.6. The molecule has 21 heavy (non-hydrogen) atoms. The first kappa shape index (κ1) is 15.1. The predicted octanol–water partition coefficient (Wildman–Crippen LogP) is 2.45. The van der Waals surface area contributed by atoms with E-state index in [4.69, 9.17) is 21.4 Å². The number of rotatable bonds is 5. The Hall–Kier alpha value is -2.34. The van der Waals surface area contributed by atoms with Gasteiger partial charge < -0.3 is 14.4 Å². The number of carboxylic acids is 1. The van der Waals surface area contributed by atoms with Crippen molar-refractivity contribution in [2.75, 3.05) is 0 Å². The summed E-state index contributed by atoms with van der Waals surface area (Å²) in [6, 6.07) is 5.13. The number of aliphatic carboxylic acids is 1. The van der Waals surface area contributed by atoms with Crippen molar-refractivity contribution in [1.82, 2.24) is 14.8 Å². The van der Waals surface area contributed by atoms with Gasteiger partial charge in [-0.3, -0.25) is 0 Å². The van der Waals surface area contributed by atoms with Crippen molar-refractivity contribution in [3.63, 3.8) is 0 Å². The number of hydrogen-bond donors (Lipinski definition) is 1. The topological polar surface area (TPSA) is 77.2 Å². The van der Waals surface area contributed by atoms with E-state index < -0.39 is 5.97 Å². The zero-order valence-electron chi connectivity index (χ0n) is 11.6. The van der Waals surface area contributed by atoms with E-state index in [0.29, 0.717) is 22.2 Å². The Morgan fingerprint density at radius 3 is 2.86 bits per heavy atom. The van der Waals surface area contributed by atoms with Crippen LogP contribution in [0.15, 0.2) is 24.3 Å². The Balaban J connectivity index is 2.23. The smallest absolute Gasteiger partial charge is 0.328 e. The van der Waals surface area contributed by atoms with Crippen molar-refractivity contribution >= 4 is 23.6 Å². The number of para-hydroxylation sites is 1. The van der Waals surface area contributed by atoms with Crippen LogP contribution in [0.25, 0.3) is 6.08 Å². The van der Waals surface area contributed by atoms with Crippen molar-refractivity contribution in [3.8, 4) is 5.75 Å². The van der Waals surface area contributed by atoms with Gasteiger partial charge >= 0.3 is 5.97 Å². The maximum Gasteiger partial charge on any atom is 0.328 e. The molecule has 0 aliphatic heterocycles. The molecule has 7 heteroatoms. The van der Waals surface area contributed by atoms with Gasteiger partial charge in [-0.25, -0.2) is 4.79 Å². The summed E-state index contributed by atoms with van der Waals surface area (Å²) in [6.07, 6.45) is 2.47. The minimum Gasteiger partial charge on any atom is -0.483 e. The summed E-state index contributed by atoms with van der Waals surface area (Å²) in [5, 5.41) is 17.0. The number of nitrogens with zero attached hydrogens (tertiary/aromatic N) is 3. The molecule has 1 heterocycles. The second kappa shape index (κ2) is 6.41. The van der Waals surface area contributed by atoms with Crippen LogP contribution in [-0.2, 0) is 18.4 Å². The average molecular weight is 308 g/mol. The number of benzene rings is 1. The number of carboxylic acid groups (broad SMARTS) is 1. The van der Waals surface area contributed by atoms with E-state index >= 15 is 0 Å². The second-order valence-electron chi connectivity index (χ2n) is 4.34. The van der Waals surface area contributed by atoms with Crippen LogP contribution < -0.4 is 4.74 Å². The molecule has 0 fully saturated rings. The molecule has 1 N–H and O–H groups in total. The molecule has 0 radical (unpaired) electrons. The van der Waals surface area contributed by atoms with E-state index in [0.717, 1.165) is 11.9 Å². The van der Waals surface area contributed by atoms with Gasteiger partial charge in [0.15, 0.2) is 5.82 Å². The maximum atomic E-state index is 10.6. The second-order valence-corrected chi connectivity index (χ2v) is 4.75. The van der Waals surface area contributed by atoms with Crippen molar-refractivity contribution in [2.24, 2.45) is 7.05 Å². The van der Waals surface area contributed by atoms with Gasteiger partial charge in [-0.05, 0) is 19.1 Å². The number of aromatic nitrogens is 3. The summed E-state index contributed by atoms with van der Waals surface area (Å²) < 4.78 is 7.49. The van der Waals surface area contributed by atoms with Crippen molar-refractivity contribution < 1.29 is 14.6 Å². The first-order valence-electron chi connectivity index (χ1n) is 6.16. The predicted molar refractivity (Wildman–Crippen MR) is 78.2 cm³/mol. The van der Waals surface area contributed by atoms with E-state index in [9.17, 15) is 4.79 Å². The zero-order chi connectivity index (χ0) is 15.4. The molecule has 2 rings (SSSR count). The van der Waals surface area contributed by atoms with Gasteiger partial charge in [0.05, 0.1) is 5.02 Å². The molecular formula is C14H14ClN3O3. The van der Waals surface area contributed by atoms with Gasteiger partial charge in [-0.1, -0.05) is 23.7 Å². The van der Waals surface area contributed by atoms with E-state index in [1.165, 1.54) is 6.08 Å². The SMILES string of the molecule is Cc1nnc(COc2c(Cl)cccc2/C=C/C(=O)O)n1C. The van der Waals surface area contributed by atoms with Crippen LogP contribution >= 0.6 is 11.6 Å². The van der Waals surface area contributed by atoms with Gasteiger partial charge in [-0.15, -0.1) is 10.2 Å². The highest BCUT2D eigenvalue weighted by Gasteiger charge is 2.10. The molecule has 1 aromatic heterocycles. The van der Waals surface area contributed by atoms with Crippen LogP contribution in [0, 0.1) is 6.92 Å². The molecular weight excluding hydrogens is 294 g/mol. The zero-order valence-corrected chi connectivity index (χ0v) is 12.3. The van der Waals surface area contributed by atoms with Crippen LogP contribution in [0.3, 0.4) is 0 Å². The van der Waals surface area contributed by atoms with Crippen molar-refractivity contribution in [2.45, 2.75) is 13.5 Å². The molecule has 0 spiro atoms. The highest BCUT2D eigenvalue weighted by atomic mass is 35.5. The normalized spacial score (nSPS) is 11.0. The summed E-state index contributed by atoms with van der Waals surface area (Å²) in [5.74, 6) is 0.807. The first-order valence-corrected chi connectivity index (χ1v) is 6.54. The van der Waals surface area contributed by atoms with Gasteiger partial charge in [-0.2, -0.15) is 0 Å². The van der Waals surface area contributed by atoms with Gasteiger partial charge in [0, 0.05) is 18.7 Å². The summed E-state index contributed by atoms with van der Waals surface area (Å²) in [7, 11) is 1.84. The standard InChI is InChI=1S/C14H14ClN3O3/c1-9-16-17-12(18(9)2)8-21-14-10(6-7-13(19)20)4-3-5-11(14)15/h3-7H,8H2,1-2H3,(H,19,20)/b7-6+. The minimum absolute atomic E-state index is 0.189. The van der Waals surface area contributed by atoms with Crippen LogP contribution in [0.2, 0.25) is 5.02 Å². The molecule has 0 aliphatic carbocycles. The summed E-state index contributed by atoms with van der Waals surface area (Å²) in [6.45, 7) is 2.03. The Kier molecular flexibility index (Phi) is 4.59. The highest BCUT2D eigenvalue weighted by molar-refractivity contribution is 6.32. The average Bonchev–Trinajstić information content (AvgIpc) is 2.75. The minimum atomic E-state index is -1.04. The lowest BCUT2D eigenvalue weighted by atomic mass is 10.2. The van der Waals surface area contributed by atoms with Gasteiger partial charge in [0.1, 0.15) is 18.2 Å². The van der Waals surface area contributed by atoms with E-state index in [1.807, 2.05) is 18.5 Å². The third kappa shape index (κ3) is 3.61. The van der Waals surface area contributed by atoms with Crippen molar-refractivity contribution in [3.05, 3.63) is 46.5 Å². The fourth-order valence-corrected chi connectivity index (χ4v) is 1.92. The number of aryl methyl sites for hydroxylation is 1. The van der Waals surface area contributed by atoms with Crippen LogP contribution in [0.5, 0.6) is 5.75 Å². The summed E-state index contributed by atoms with van der Waals surface area (Å²) >= 11 is 6.11. The molecule has 6 nitrogen and oxygen atoms in total. The largest absolute Gasteiger partial charge is 0.483 e. The molecule has 0 saturated heterocycles. The lowest BCUT2D eigenvalue weighted by molar-refractivity contribution is -0.131. The molecule has 0 saturated carbocycles. The molecule has 0 aliphatic rings. The van der Waals surface area contributed by atoms with Crippen LogP contribution in [0.1, 0.15) is 17.2 Å². The summed E-state index contributed by atoms with van der Waals surface area (Å²) in [5.41, 5.74) is 0.587. The van der Waals surface area contributed by atoms with E-state index in [-0.39, 0.29) is 6.61 Å². The monoisotopic (exact) mass is 307 g/mol. The summed E-state index contributed by atoms with van der Waals surface area (Å²) in [4.78, 5) is 10.6. The van der Waals surface area contributed by atoms with Crippen molar-refractivity contribution in [1.29, 1.82) is 0 Å². The third-order valence-electron chi connectivity index (χ3n) is 2.93. The Morgan fingerprint density at radius 2 is 2.24 bits per heavy atom. The van der Waals surface area contributed by atoms with Crippen LogP contribution in [0.4, 0.5) is 0 Å². The third-order valence-corrected chi connectivity index (χ3v) is 3.23. The molecule has 0 atom stereocenters. The Labute approximate surface area is 126 Å². The molecule has 1 aromatic carbocycles. The highest BCUT2D eigenvalue weighted by Crippen LogP contribution is 2.30. The molecule has 110 valence electrons. The number of halogens is 1. The van der Waals surface area contributed by atoms with Crippen LogP contribution in [-0.4, -0.2) is 25.8 Å². The molecule has 0 bridgehead atoms. The fourth-order valence-electron chi connectivity index (χ4n) is 1.68. The quantitative estimate of drug-likeness (QED) is 0.859. The lowest BCUT2D eigenvalue weighted by Gasteiger charge is -2.10. The Morgan fingerprint density at radius 1 is 1.48 bits per heavy atom. The fraction of sp³-hybridized carbons (Fsp3) is 0.214. The number of hydrogen-bond acceptors (Lipinski definition) is 4. The molecule has 0 amide bonds. The first-order chi connectivity index (χ1) is 9.99. The molecule has 2 aromatic rings. The molecule has 0 unspecified atom stereocenters. The van der Waals surface area contributed by atoms with Gasteiger partial charge in [0.25, 0.3) is 0 Å². The lowest BCUT2D eigenvalue weighted by Crippen LogP contribution is -2.05. The van der Waals surface area contributed by atoms with Gasteiger partial charge in [0.2, 0.25) is 0 Å². The number of carbonyl (C=O) groups is 1. The number of ether oxygens (including phenoxy) is 1.